The van der Waals surface area contributed by atoms with E-state index >= 15 is 0 Å². The third-order valence-electron chi connectivity index (χ3n) is 3.02. The maximum Gasteiger partial charge on any atom is 0.203 e. The van der Waals surface area contributed by atoms with E-state index in [1.807, 2.05) is 18.5 Å². The first-order valence-electron chi connectivity index (χ1n) is 6.68. The number of anilines is 1. The molecule has 0 aromatic carbocycles. The van der Waals surface area contributed by atoms with Crippen molar-refractivity contribution in [2.45, 2.75) is 46.3 Å². The zero-order valence-corrected chi connectivity index (χ0v) is 12.1. The normalized spacial score (nSPS) is 11.5. The lowest BCUT2D eigenvalue weighted by atomic mass is 10.2. The van der Waals surface area contributed by atoms with Crippen LogP contribution < -0.4 is 5.32 Å². The number of allylic oxidation sites excluding steroid dienone is 1. The van der Waals surface area contributed by atoms with E-state index in [4.69, 9.17) is 0 Å². The summed E-state index contributed by atoms with van der Waals surface area (Å²) in [6, 6.07) is 1.14. The van der Waals surface area contributed by atoms with Crippen LogP contribution in [0.25, 0.3) is 0 Å². The van der Waals surface area contributed by atoms with Crippen molar-refractivity contribution in [3.63, 3.8) is 0 Å². The lowest BCUT2D eigenvalue weighted by Crippen LogP contribution is -2.40. The second-order valence-corrected chi connectivity index (χ2v) is 5.04. The van der Waals surface area contributed by atoms with Crippen LogP contribution in [-0.2, 0) is 6.54 Å². The molecule has 0 saturated carbocycles. The topological polar surface area (TPSA) is 33.1 Å². The summed E-state index contributed by atoms with van der Waals surface area (Å²) in [5.41, 5.74) is 0. The molecule has 0 fully saturated rings. The molecule has 0 bridgehead atoms. The molecule has 18 heavy (non-hydrogen) atoms. The van der Waals surface area contributed by atoms with Gasteiger partial charge in [0.25, 0.3) is 0 Å². The molecule has 1 aromatic rings. The van der Waals surface area contributed by atoms with Gasteiger partial charge in [-0.2, -0.15) is 0 Å². The number of nitrogens with zero attached hydrogens (tertiary/aromatic N) is 3. The van der Waals surface area contributed by atoms with Gasteiger partial charge in [0.05, 0.1) is 0 Å². The molecule has 0 saturated heterocycles. The van der Waals surface area contributed by atoms with Crippen molar-refractivity contribution in [3.05, 3.63) is 25.0 Å². The van der Waals surface area contributed by atoms with E-state index in [0.717, 1.165) is 25.6 Å². The average Bonchev–Trinajstić information content (AvgIpc) is 2.71. The maximum absolute atomic E-state index is 4.31. The first kappa shape index (κ1) is 14.8. The van der Waals surface area contributed by atoms with Gasteiger partial charge < -0.3 is 9.88 Å². The Morgan fingerprint density at radius 1 is 1.39 bits per heavy atom. The van der Waals surface area contributed by atoms with E-state index < -0.39 is 0 Å². The fourth-order valence-corrected chi connectivity index (χ4v) is 2.17. The monoisotopic (exact) mass is 250 g/mol. The minimum atomic E-state index is 0.569. The highest BCUT2D eigenvalue weighted by molar-refractivity contribution is 5.26. The van der Waals surface area contributed by atoms with E-state index in [2.05, 4.69) is 54.0 Å². The van der Waals surface area contributed by atoms with Crippen molar-refractivity contribution in [2.24, 2.45) is 0 Å². The first-order chi connectivity index (χ1) is 8.56. The summed E-state index contributed by atoms with van der Waals surface area (Å²) in [6.07, 6.45) is 5.66. The van der Waals surface area contributed by atoms with Crippen LogP contribution in [0.2, 0.25) is 0 Å². The Labute approximate surface area is 111 Å². The molecule has 0 radical (unpaired) electrons. The second kappa shape index (κ2) is 7.21. The largest absolute Gasteiger partial charge is 0.354 e. The van der Waals surface area contributed by atoms with Gasteiger partial charge in [-0.3, -0.25) is 4.90 Å². The second-order valence-electron chi connectivity index (χ2n) is 5.04. The molecular weight excluding hydrogens is 224 g/mol. The van der Waals surface area contributed by atoms with Gasteiger partial charge in [0.1, 0.15) is 0 Å². The molecule has 1 aromatic heterocycles. The van der Waals surface area contributed by atoms with Crippen LogP contribution in [0.1, 0.15) is 27.7 Å². The van der Waals surface area contributed by atoms with Gasteiger partial charge in [-0.1, -0.05) is 6.08 Å². The number of nitrogens with one attached hydrogen (secondary N) is 1. The number of hydrogen-bond acceptors (Lipinski definition) is 3. The molecule has 4 heteroatoms. The summed E-state index contributed by atoms with van der Waals surface area (Å²) in [6.45, 7) is 15.4. The maximum atomic E-state index is 4.31. The zero-order chi connectivity index (χ0) is 13.5. The molecule has 1 heterocycles. The molecule has 1 rings (SSSR count). The molecule has 0 spiro atoms. The van der Waals surface area contributed by atoms with Gasteiger partial charge in [0.15, 0.2) is 0 Å². The third kappa shape index (κ3) is 4.18. The van der Waals surface area contributed by atoms with Gasteiger partial charge in [0.2, 0.25) is 5.95 Å². The Bertz CT molecular complexity index is 346. The molecule has 0 aliphatic rings. The van der Waals surface area contributed by atoms with Crippen molar-refractivity contribution in [1.29, 1.82) is 0 Å². The fourth-order valence-electron chi connectivity index (χ4n) is 2.17. The summed E-state index contributed by atoms with van der Waals surface area (Å²) >= 11 is 0. The summed E-state index contributed by atoms with van der Waals surface area (Å²) in [4.78, 5) is 6.77. The molecule has 0 aliphatic carbocycles. The first-order valence-corrected chi connectivity index (χ1v) is 6.68. The molecule has 0 atom stereocenters. The van der Waals surface area contributed by atoms with Crippen LogP contribution in [-0.4, -0.2) is 39.6 Å². The Balaban J connectivity index is 2.45. The van der Waals surface area contributed by atoms with Gasteiger partial charge in [-0.15, -0.1) is 6.58 Å². The van der Waals surface area contributed by atoms with E-state index in [-0.39, 0.29) is 0 Å². The van der Waals surface area contributed by atoms with Crippen LogP contribution in [0.4, 0.5) is 5.95 Å². The fraction of sp³-hybridized carbons (Fsp3) is 0.643. The van der Waals surface area contributed by atoms with E-state index in [1.54, 1.807) is 0 Å². The van der Waals surface area contributed by atoms with Crippen molar-refractivity contribution < 1.29 is 0 Å². The Morgan fingerprint density at radius 2 is 2.06 bits per heavy atom. The minimum Gasteiger partial charge on any atom is -0.354 e. The SMILES string of the molecule is C=CCn1ccnc1NCCN(C(C)C)C(C)C. The predicted molar refractivity (Wildman–Crippen MR) is 77.9 cm³/mol. The van der Waals surface area contributed by atoms with Crippen molar-refractivity contribution in [3.8, 4) is 0 Å². The minimum absolute atomic E-state index is 0.569. The van der Waals surface area contributed by atoms with Crippen molar-refractivity contribution >= 4 is 5.95 Å². The predicted octanol–water partition coefficient (Wildman–Crippen LogP) is 2.60. The highest BCUT2D eigenvalue weighted by Crippen LogP contribution is 2.06. The number of imidazole rings is 1. The summed E-state index contributed by atoms with van der Waals surface area (Å²) in [5.74, 6) is 0.919. The van der Waals surface area contributed by atoms with E-state index in [9.17, 15) is 0 Å². The smallest absolute Gasteiger partial charge is 0.203 e. The third-order valence-corrected chi connectivity index (χ3v) is 3.02. The zero-order valence-electron chi connectivity index (χ0n) is 12.1. The van der Waals surface area contributed by atoms with Crippen molar-refractivity contribution in [1.82, 2.24) is 14.5 Å². The molecule has 1 N–H and O–H groups in total. The number of aromatic nitrogens is 2. The number of rotatable bonds is 8. The molecule has 4 nitrogen and oxygen atoms in total. The average molecular weight is 250 g/mol. The van der Waals surface area contributed by atoms with Crippen LogP contribution in [0.15, 0.2) is 25.0 Å². The van der Waals surface area contributed by atoms with Crippen LogP contribution >= 0.6 is 0 Å². The Hall–Kier alpha value is -1.29. The lowest BCUT2D eigenvalue weighted by Gasteiger charge is -2.30. The lowest BCUT2D eigenvalue weighted by molar-refractivity contribution is 0.182. The summed E-state index contributed by atoms with van der Waals surface area (Å²) in [7, 11) is 0. The standard InChI is InChI=1S/C14H26N4/c1-6-9-17-10-7-15-14(17)16-8-11-18(12(2)3)13(4)5/h6-7,10,12-13H,1,8-9,11H2,2-5H3,(H,15,16). The van der Waals surface area contributed by atoms with Crippen LogP contribution in [0.3, 0.4) is 0 Å². The van der Waals surface area contributed by atoms with Gasteiger partial charge in [-0.05, 0) is 27.7 Å². The number of hydrogen-bond donors (Lipinski definition) is 1. The van der Waals surface area contributed by atoms with Gasteiger partial charge >= 0.3 is 0 Å². The highest BCUT2D eigenvalue weighted by atomic mass is 15.2. The Kier molecular flexibility index (Phi) is 5.92. The van der Waals surface area contributed by atoms with Gasteiger partial charge in [-0.25, -0.2) is 4.98 Å². The van der Waals surface area contributed by atoms with E-state index in [0.29, 0.717) is 12.1 Å². The Morgan fingerprint density at radius 3 is 2.61 bits per heavy atom. The molecule has 0 unspecified atom stereocenters. The summed E-state index contributed by atoms with van der Waals surface area (Å²) in [5, 5.41) is 3.38. The van der Waals surface area contributed by atoms with Gasteiger partial charge in [0, 0.05) is 44.1 Å². The summed E-state index contributed by atoms with van der Waals surface area (Å²) < 4.78 is 2.06. The van der Waals surface area contributed by atoms with Crippen molar-refractivity contribution in [2.75, 3.05) is 18.4 Å². The molecule has 102 valence electrons. The molecule has 0 aliphatic heterocycles. The highest BCUT2D eigenvalue weighted by Gasteiger charge is 2.12. The van der Waals surface area contributed by atoms with Crippen LogP contribution in [0.5, 0.6) is 0 Å². The van der Waals surface area contributed by atoms with E-state index in [1.165, 1.54) is 0 Å². The molecule has 0 amide bonds. The quantitative estimate of drug-likeness (QED) is 0.720. The molecular formula is C14H26N4. The van der Waals surface area contributed by atoms with Crippen LogP contribution in [0, 0.1) is 0 Å².